The number of halogens is 3. The van der Waals surface area contributed by atoms with Gasteiger partial charge < -0.3 is 0 Å². The van der Waals surface area contributed by atoms with Gasteiger partial charge in [0, 0.05) is 11.9 Å². The molecular weight excluding hydrogens is 303 g/mol. The Morgan fingerprint density at radius 3 is 2.47 bits per heavy atom. The van der Waals surface area contributed by atoms with E-state index in [9.17, 15) is 21.6 Å². The molecular formula is C9H14F3N3O2S2. The fraction of sp³-hybridized carbons (Fsp3) is 0.667. The smallest absolute Gasteiger partial charge is 0.235 e. The van der Waals surface area contributed by atoms with Crippen molar-refractivity contribution in [2.75, 3.05) is 6.54 Å². The normalized spacial score (nSPS) is 14.6. The monoisotopic (exact) mass is 317 g/mol. The van der Waals surface area contributed by atoms with Crippen LogP contribution in [0.4, 0.5) is 13.2 Å². The summed E-state index contributed by atoms with van der Waals surface area (Å²) < 4.78 is 64.8. The molecule has 0 spiro atoms. The maximum absolute atomic E-state index is 12.4. The molecule has 5 nitrogen and oxygen atoms in total. The van der Waals surface area contributed by atoms with Gasteiger partial charge in [0.1, 0.15) is 5.01 Å². The zero-order valence-corrected chi connectivity index (χ0v) is 11.9. The molecule has 0 aliphatic rings. The minimum absolute atomic E-state index is 0.0938. The lowest BCUT2D eigenvalue weighted by molar-refractivity contribution is -0.140. The van der Waals surface area contributed by atoms with Crippen molar-refractivity contribution in [1.29, 1.82) is 0 Å². The van der Waals surface area contributed by atoms with Crippen molar-refractivity contribution in [3.8, 4) is 0 Å². The molecule has 0 aromatic carbocycles. The lowest BCUT2D eigenvalue weighted by Gasteiger charge is -2.14. The number of thiazole rings is 1. The molecule has 0 amide bonds. The number of rotatable bonds is 6. The van der Waals surface area contributed by atoms with Gasteiger partial charge >= 0.3 is 6.18 Å². The first-order valence-electron chi connectivity index (χ1n) is 5.49. The second kappa shape index (κ2) is 6.16. The Balaban J connectivity index is 2.90. The molecule has 0 aliphatic carbocycles. The van der Waals surface area contributed by atoms with Gasteiger partial charge in [0.25, 0.3) is 10.2 Å². The largest absolute Gasteiger partial charge is 0.434 e. The summed E-state index contributed by atoms with van der Waals surface area (Å²) in [6.45, 7) is 3.45. The van der Waals surface area contributed by atoms with E-state index >= 15 is 0 Å². The van der Waals surface area contributed by atoms with Crippen molar-refractivity contribution < 1.29 is 21.6 Å². The van der Waals surface area contributed by atoms with Crippen molar-refractivity contribution >= 4 is 21.5 Å². The first kappa shape index (κ1) is 16.3. The van der Waals surface area contributed by atoms with Crippen LogP contribution in [0, 0.1) is 0 Å². The highest BCUT2D eigenvalue weighted by atomic mass is 32.2. The van der Waals surface area contributed by atoms with Crippen LogP contribution in [0.3, 0.4) is 0 Å². The van der Waals surface area contributed by atoms with Gasteiger partial charge in [0.05, 0.1) is 6.04 Å². The first-order chi connectivity index (χ1) is 8.69. The molecule has 1 aromatic rings. The van der Waals surface area contributed by atoms with Crippen LogP contribution in [-0.4, -0.2) is 19.9 Å². The van der Waals surface area contributed by atoms with Crippen molar-refractivity contribution in [2.24, 2.45) is 0 Å². The van der Waals surface area contributed by atoms with Crippen molar-refractivity contribution in [2.45, 2.75) is 32.5 Å². The Kier molecular flexibility index (Phi) is 5.30. The minimum atomic E-state index is -4.52. The Labute approximate surface area is 113 Å². The predicted octanol–water partition coefficient (Wildman–Crippen LogP) is 2.06. The highest BCUT2D eigenvalue weighted by molar-refractivity contribution is 7.87. The SMILES string of the molecule is CCNS(=O)(=O)N[C@H](CC)c1nc(C(F)(F)F)cs1. The fourth-order valence-electron chi connectivity index (χ4n) is 1.31. The second-order valence-corrected chi connectivity index (χ2v) is 6.07. The Morgan fingerprint density at radius 1 is 1.42 bits per heavy atom. The lowest BCUT2D eigenvalue weighted by Crippen LogP contribution is -2.38. The van der Waals surface area contributed by atoms with Crippen LogP contribution in [-0.2, 0) is 16.4 Å². The van der Waals surface area contributed by atoms with Crippen molar-refractivity contribution in [1.82, 2.24) is 14.4 Å². The summed E-state index contributed by atoms with van der Waals surface area (Å²) >= 11 is 0.782. The van der Waals surface area contributed by atoms with E-state index in [1.807, 2.05) is 0 Å². The molecule has 0 fully saturated rings. The number of hydrogen-bond acceptors (Lipinski definition) is 4. The van der Waals surface area contributed by atoms with Gasteiger partial charge in [-0.3, -0.25) is 0 Å². The summed E-state index contributed by atoms with van der Waals surface area (Å²) in [5.41, 5.74) is -1.01. The molecule has 1 atom stereocenters. The van der Waals surface area contributed by atoms with E-state index < -0.39 is 28.1 Å². The number of nitrogens with zero attached hydrogens (tertiary/aromatic N) is 1. The standard InChI is InChI=1S/C9H14F3N3O2S2/c1-3-6(15-19(16,17)13-4-2)8-14-7(5-18-8)9(10,11)12/h5-6,13,15H,3-4H2,1-2H3/t6-/m1/s1. The molecule has 19 heavy (non-hydrogen) atoms. The predicted molar refractivity (Wildman–Crippen MR) is 65.9 cm³/mol. The van der Waals surface area contributed by atoms with Gasteiger partial charge in [0.15, 0.2) is 5.69 Å². The molecule has 10 heteroatoms. The van der Waals surface area contributed by atoms with Crippen LogP contribution in [0.5, 0.6) is 0 Å². The van der Waals surface area contributed by atoms with Crippen LogP contribution in [0.15, 0.2) is 5.38 Å². The molecule has 1 aromatic heterocycles. The number of aromatic nitrogens is 1. The average molecular weight is 317 g/mol. The average Bonchev–Trinajstić information content (AvgIpc) is 2.74. The minimum Gasteiger partial charge on any atom is -0.235 e. The van der Waals surface area contributed by atoms with Crippen LogP contribution in [0.1, 0.15) is 37.0 Å². The maximum Gasteiger partial charge on any atom is 0.434 e. The van der Waals surface area contributed by atoms with E-state index in [2.05, 4.69) is 14.4 Å². The van der Waals surface area contributed by atoms with Gasteiger partial charge in [-0.15, -0.1) is 11.3 Å². The maximum atomic E-state index is 12.4. The number of hydrogen-bond donors (Lipinski definition) is 2. The highest BCUT2D eigenvalue weighted by Gasteiger charge is 2.34. The van der Waals surface area contributed by atoms with E-state index in [0.29, 0.717) is 6.42 Å². The molecule has 0 radical (unpaired) electrons. The molecule has 0 saturated heterocycles. The molecule has 1 rings (SSSR count). The lowest BCUT2D eigenvalue weighted by atomic mass is 10.2. The molecule has 0 saturated carbocycles. The molecule has 110 valence electrons. The fourth-order valence-corrected chi connectivity index (χ4v) is 3.46. The van der Waals surface area contributed by atoms with Gasteiger partial charge in [-0.05, 0) is 6.42 Å². The quantitative estimate of drug-likeness (QED) is 0.843. The molecule has 1 heterocycles. The third kappa shape index (κ3) is 4.71. The van der Waals surface area contributed by atoms with E-state index in [1.54, 1.807) is 13.8 Å². The van der Waals surface area contributed by atoms with Gasteiger partial charge in [-0.1, -0.05) is 13.8 Å². The Bertz CT molecular complexity index is 513. The van der Waals surface area contributed by atoms with Gasteiger partial charge in [0.2, 0.25) is 0 Å². The summed E-state index contributed by atoms with van der Waals surface area (Å²) in [6.07, 6.45) is -4.22. The summed E-state index contributed by atoms with van der Waals surface area (Å²) in [5, 5.41) is 0.968. The van der Waals surface area contributed by atoms with E-state index in [-0.39, 0.29) is 11.6 Å². The Hall–Kier alpha value is -0.710. The van der Waals surface area contributed by atoms with Gasteiger partial charge in [-0.25, -0.2) is 9.71 Å². The van der Waals surface area contributed by atoms with Crippen molar-refractivity contribution in [3.63, 3.8) is 0 Å². The molecule has 0 bridgehead atoms. The second-order valence-electron chi connectivity index (χ2n) is 3.65. The van der Waals surface area contributed by atoms with Crippen LogP contribution >= 0.6 is 11.3 Å². The summed E-state index contributed by atoms with van der Waals surface area (Å²) in [6, 6.07) is -0.773. The van der Waals surface area contributed by atoms with Crippen LogP contribution < -0.4 is 9.44 Å². The first-order valence-corrected chi connectivity index (χ1v) is 7.85. The molecule has 0 aliphatic heterocycles. The van der Waals surface area contributed by atoms with E-state index in [1.165, 1.54) is 0 Å². The van der Waals surface area contributed by atoms with E-state index in [0.717, 1.165) is 16.7 Å². The number of nitrogens with one attached hydrogen (secondary N) is 2. The zero-order valence-electron chi connectivity index (χ0n) is 10.3. The molecule has 0 unspecified atom stereocenters. The van der Waals surface area contributed by atoms with Crippen molar-refractivity contribution in [3.05, 3.63) is 16.1 Å². The molecule has 2 N–H and O–H groups in total. The number of alkyl halides is 3. The zero-order chi connectivity index (χ0) is 14.7. The van der Waals surface area contributed by atoms with Gasteiger partial charge in [-0.2, -0.15) is 26.3 Å². The van der Waals surface area contributed by atoms with Crippen LogP contribution in [0.25, 0.3) is 0 Å². The Morgan fingerprint density at radius 2 is 2.05 bits per heavy atom. The highest BCUT2D eigenvalue weighted by Crippen LogP contribution is 2.32. The topological polar surface area (TPSA) is 71.1 Å². The summed E-state index contributed by atoms with van der Waals surface area (Å²) in [7, 11) is -3.73. The summed E-state index contributed by atoms with van der Waals surface area (Å²) in [4.78, 5) is 3.44. The van der Waals surface area contributed by atoms with Crippen LogP contribution in [0.2, 0.25) is 0 Å². The van der Waals surface area contributed by atoms with E-state index in [4.69, 9.17) is 0 Å². The third-order valence-electron chi connectivity index (χ3n) is 2.15. The third-order valence-corrected chi connectivity index (χ3v) is 4.37. The summed E-state index contributed by atoms with van der Waals surface area (Å²) in [5.74, 6) is 0.